The first-order valence-corrected chi connectivity index (χ1v) is 8.03. The van der Waals surface area contributed by atoms with Gasteiger partial charge in [0.05, 0.1) is 10.7 Å². The topological polar surface area (TPSA) is 49.3 Å². The molecule has 2 rings (SSSR count). The van der Waals surface area contributed by atoms with E-state index in [1.54, 1.807) is 6.07 Å². The number of aliphatic hydroxyl groups is 1. The highest BCUT2D eigenvalue weighted by Gasteiger charge is 2.55. The molecule has 0 aromatic heterocycles. The Kier molecular flexibility index (Phi) is 5.65. The summed E-state index contributed by atoms with van der Waals surface area (Å²) in [5.41, 5.74) is -3.63. The first-order chi connectivity index (χ1) is 11.5. The minimum Gasteiger partial charge on any atom is -0.373 e. The highest BCUT2D eigenvalue weighted by molar-refractivity contribution is 7.99. The average Bonchev–Trinajstić information content (AvgIpc) is 2.48. The van der Waals surface area contributed by atoms with Gasteiger partial charge in [-0.05, 0) is 43.3 Å². The summed E-state index contributed by atoms with van der Waals surface area (Å²) in [6.07, 6.45) is -5.13. The van der Waals surface area contributed by atoms with Crippen LogP contribution in [0.5, 0.6) is 0 Å². The van der Waals surface area contributed by atoms with Gasteiger partial charge in [-0.2, -0.15) is 13.2 Å². The van der Waals surface area contributed by atoms with Crippen molar-refractivity contribution in [2.24, 2.45) is 0 Å². The minimum atomic E-state index is -5.13. The zero-order valence-corrected chi connectivity index (χ0v) is 14.3. The number of carbonyl (C=O) groups is 1. The Morgan fingerprint density at radius 3 is 2.36 bits per heavy atom. The quantitative estimate of drug-likeness (QED) is 0.728. The van der Waals surface area contributed by atoms with Gasteiger partial charge in [-0.3, -0.25) is 4.79 Å². The van der Waals surface area contributed by atoms with E-state index >= 15 is 0 Å². The zero-order valence-electron chi connectivity index (χ0n) is 12.7. The van der Waals surface area contributed by atoms with Crippen molar-refractivity contribution in [2.75, 3.05) is 5.32 Å². The van der Waals surface area contributed by atoms with Gasteiger partial charge in [0.1, 0.15) is 5.82 Å². The molecule has 0 bridgehead atoms. The van der Waals surface area contributed by atoms with E-state index in [4.69, 9.17) is 11.6 Å². The van der Waals surface area contributed by atoms with Crippen LogP contribution in [0.1, 0.15) is 6.92 Å². The molecule has 2 aromatic rings. The summed E-state index contributed by atoms with van der Waals surface area (Å²) in [6.45, 7) is 0.352. The van der Waals surface area contributed by atoms with E-state index in [0.717, 1.165) is 0 Å². The largest absolute Gasteiger partial charge is 0.426 e. The van der Waals surface area contributed by atoms with Gasteiger partial charge in [0.15, 0.2) is 0 Å². The normalized spacial score (nSPS) is 14.0. The van der Waals surface area contributed by atoms with Crippen LogP contribution in [-0.2, 0) is 4.79 Å². The fraction of sp³-hybridized carbons (Fsp3) is 0.188. The van der Waals surface area contributed by atoms with Gasteiger partial charge in [-0.25, -0.2) is 4.39 Å². The Bertz CT molecular complexity index is 796. The van der Waals surface area contributed by atoms with Gasteiger partial charge in [0.25, 0.3) is 5.91 Å². The number of hydrogen-bond donors (Lipinski definition) is 2. The van der Waals surface area contributed by atoms with Crippen LogP contribution in [0.2, 0.25) is 5.02 Å². The maximum absolute atomic E-state index is 13.2. The standard InChI is InChI=1S/C16H12ClF4NO2S/c1-15(24,16(19,20)21)14(23)22-13-6-5-11(8-12(13)17)25-10-4-2-3-9(18)7-10/h2-8,24H,1H3,(H,22,23). The molecule has 134 valence electrons. The Balaban J connectivity index is 2.16. The SMILES string of the molecule is CC(O)(C(=O)Nc1ccc(Sc2cccc(F)c2)cc1Cl)C(F)(F)F. The molecule has 0 radical (unpaired) electrons. The lowest BCUT2D eigenvalue weighted by atomic mass is 10.1. The molecule has 25 heavy (non-hydrogen) atoms. The lowest BCUT2D eigenvalue weighted by Crippen LogP contribution is -2.52. The second-order valence-corrected chi connectivity index (χ2v) is 6.78. The van der Waals surface area contributed by atoms with Crippen molar-refractivity contribution < 1.29 is 27.5 Å². The van der Waals surface area contributed by atoms with Crippen LogP contribution in [0.25, 0.3) is 0 Å². The Morgan fingerprint density at radius 2 is 1.80 bits per heavy atom. The van der Waals surface area contributed by atoms with Crippen LogP contribution in [0.4, 0.5) is 23.2 Å². The molecule has 1 amide bonds. The number of alkyl halides is 3. The number of halogens is 5. The number of nitrogens with one attached hydrogen (secondary N) is 1. The summed E-state index contributed by atoms with van der Waals surface area (Å²) >= 11 is 7.16. The lowest BCUT2D eigenvalue weighted by Gasteiger charge is -2.25. The summed E-state index contributed by atoms with van der Waals surface area (Å²) in [6, 6.07) is 10.0. The number of carbonyl (C=O) groups excluding carboxylic acids is 1. The first kappa shape index (κ1) is 19.6. The Morgan fingerprint density at radius 1 is 1.16 bits per heavy atom. The molecule has 2 aromatic carbocycles. The molecule has 0 aliphatic carbocycles. The van der Waals surface area contributed by atoms with E-state index < -0.39 is 23.5 Å². The summed E-state index contributed by atoms with van der Waals surface area (Å²) in [5.74, 6) is -2.05. The first-order valence-electron chi connectivity index (χ1n) is 6.84. The predicted molar refractivity (Wildman–Crippen MR) is 87.3 cm³/mol. The summed E-state index contributed by atoms with van der Waals surface area (Å²) in [7, 11) is 0. The van der Waals surface area contributed by atoms with E-state index in [9.17, 15) is 27.5 Å². The van der Waals surface area contributed by atoms with E-state index in [0.29, 0.717) is 16.7 Å². The maximum atomic E-state index is 13.2. The predicted octanol–water partition coefficient (Wildman–Crippen LogP) is 4.88. The Labute approximate surface area is 150 Å². The van der Waals surface area contributed by atoms with Gasteiger partial charge < -0.3 is 10.4 Å². The highest BCUT2D eigenvalue weighted by atomic mass is 35.5. The average molecular weight is 394 g/mol. The summed E-state index contributed by atoms with van der Waals surface area (Å²) in [5, 5.41) is 11.3. The Hall–Kier alpha value is -1.77. The number of anilines is 1. The molecule has 0 spiro atoms. The maximum Gasteiger partial charge on any atom is 0.426 e. The fourth-order valence-corrected chi connectivity index (χ4v) is 2.90. The van der Waals surface area contributed by atoms with E-state index in [-0.39, 0.29) is 10.7 Å². The van der Waals surface area contributed by atoms with Crippen molar-refractivity contribution in [1.29, 1.82) is 0 Å². The molecule has 0 aliphatic rings. The van der Waals surface area contributed by atoms with Crippen molar-refractivity contribution in [1.82, 2.24) is 0 Å². The van der Waals surface area contributed by atoms with Gasteiger partial charge in [0, 0.05) is 9.79 Å². The van der Waals surface area contributed by atoms with Crippen LogP contribution >= 0.6 is 23.4 Å². The van der Waals surface area contributed by atoms with Crippen molar-refractivity contribution in [2.45, 2.75) is 28.5 Å². The molecule has 9 heteroatoms. The van der Waals surface area contributed by atoms with E-state index in [2.05, 4.69) is 0 Å². The molecule has 0 aliphatic heterocycles. The number of benzene rings is 2. The van der Waals surface area contributed by atoms with E-state index in [1.165, 1.54) is 48.2 Å². The second kappa shape index (κ2) is 7.23. The van der Waals surface area contributed by atoms with Crippen LogP contribution in [0, 0.1) is 5.82 Å². The fourth-order valence-electron chi connectivity index (χ4n) is 1.70. The van der Waals surface area contributed by atoms with Crippen molar-refractivity contribution >= 4 is 35.0 Å². The summed E-state index contributed by atoms with van der Waals surface area (Å²) < 4.78 is 51.1. The number of rotatable bonds is 4. The van der Waals surface area contributed by atoms with Gasteiger partial charge >= 0.3 is 6.18 Å². The second-order valence-electron chi connectivity index (χ2n) is 5.23. The molecule has 0 fully saturated rings. The molecule has 0 saturated carbocycles. The highest BCUT2D eigenvalue weighted by Crippen LogP contribution is 2.35. The third kappa shape index (κ3) is 4.65. The molecule has 2 N–H and O–H groups in total. The third-order valence-electron chi connectivity index (χ3n) is 3.21. The summed E-state index contributed by atoms with van der Waals surface area (Å²) in [4.78, 5) is 12.9. The van der Waals surface area contributed by atoms with Crippen molar-refractivity contribution in [3.63, 3.8) is 0 Å². The molecule has 0 saturated heterocycles. The van der Waals surface area contributed by atoms with Crippen LogP contribution in [-0.4, -0.2) is 22.8 Å². The minimum absolute atomic E-state index is 0.0206. The van der Waals surface area contributed by atoms with E-state index in [1.807, 2.05) is 5.32 Å². The molecular weight excluding hydrogens is 382 g/mol. The smallest absolute Gasteiger partial charge is 0.373 e. The van der Waals surface area contributed by atoms with Crippen molar-refractivity contribution in [3.8, 4) is 0 Å². The van der Waals surface area contributed by atoms with Crippen LogP contribution in [0.15, 0.2) is 52.3 Å². The lowest BCUT2D eigenvalue weighted by molar-refractivity contribution is -0.242. The zero-order chi connectivity index (χ0) is 18.8. The number of amides is 1. The number of hydrogen-bond acceptors (Lipinski definition) is 3. The van der Waals surface area contributed by atoms with Gasteiger partial charge in [-0.15, -0.1) is 0 Å². The van der Waals surface area contributed by atoms with Gasteiger partial charge in [-0.1, -0.05) is 29.4 Å². The molecule has 1 unspecified atom stereocenters. The van der Waals surface area contributed by atoms with Crippen molar-refractivity contribution in [3.05, 3.63) is 53.3 Å². The monoisotopic (exact) mass is 393 g/mol. The molecule has 0 heterocycles. The molecule has 1 atom stereocenters. The molecular formula is C16H12ClF4NO2S. The van der Waals surface area contributed by atoms with Gasteiger partial charge in [0.2, 0.25) is 5.60 Å². The molecule has 3 nitrogen and oxygen atoms in total. The third-order valence-corrected chi connectivity index (χ3v) is 4.51. The van der Waals surface area contributed by atoms with Crippen LogP contribution < -0.4 is 5.32 Å². The van der Waals surface area contributed by atoms with Crippen LogP contribution in [0.3, 0.4) is 0 Å².